The molecule has 0 aliphatic carbocycles. The van der Waals surface area contributed by atoms with Gasteiger partial charge in [0, 0.05) is 40.4 Å². The number of esters is 1. The van der Waals surface area contributed by atoms with Gasteiger partial charge in [0.25, 0.3) is 0 Å². The number of hydrogen-bond donors (Lipinski definition) is 1. The number of ether oxygens (including phenoxy) is 1. The van der Waals surface area contributed by atoms with Crippen LogP contribution in [0.2, 0.25) is 0 Å². The molecular weight excluding hydrogens is 184 g/mol. The Kier molecular flexibility index (Phi) is 5.87. The van der Waals surface area contributed by atoms with Gasteiger partial charge >= 0.3 is 5.97 Å². The van der Waals surface area contributed by atoms with Gasteiger partial charge in [-0.3, -0.25) is 9.59 Å². The maximum Gasteiger partial charge on any atom is 0.302 e. The van der Waals surface area contributed by atoms with Gasteiger partial charge in [0.2, 0.25) is 5.91 Å². The fourth-order valence-corrected chi connectivity index (χ4v) is 0.955. The van der Waals surface area contributed by atoms with E-state index in [1.807, 2.05) is 0 Å². The molecule has 82 valence electrons. The van der Waals surface area contributed by atoms with Crippen molar-refractivity contribution in [2.45, 2.75) is 26.4 Å². The molecule has 0 heterocycles. The average molecular weight is 202 g/mol. The second kappa shape index (κ2) is 6.37. The van der Waals surface area contributed by atoms with Crippen molar-refractivity contribution in [1.29, 1.82) is 0 Å². The lowest BCUT2D eigenvalue weighted by Gasteiger charge is -2.19. The Morgan fingerprint density at radius 3 is 2.36 bits per heavy atom. The molecule has 1 unspecified atom stereocenters. The van der Waals surface area contributed by atoms with Gasteiger partial charge in [0.05, 0.1) is 0 Å². The maximum absolute atomic E-state index is 10.9. The van der Waals surface area contributed by atoms with Crippen molar-refractivity contribution < 1.29 is 14.3 Å². The maximum atomic E-state index is 10.9. The van der Waals surface area contributed by atoms with Gasteiger partial charge in [0.1, 0.15) is 6.10 Å². The van der Waals surface area contributed by atoms with E-state index in [1.165, 1.54) is 13.8 Å². The van der Waals surface area contributed by atoms with Crippen LogP contribution in [-0.2, 0) is 14.3 Å². The molecule has 1 atom stereocenters. The summed E-state index contributed by atoms with van der Waals surface area (Å²) < 4.78 is 4.93. The summed E-state index contributed by atoms with van der Waals surface area (Å²) >= 11 is 0. The first-order valence-electron chi connectivity index (χ1n) is 4.56. The van der Waals surface area contributed by atoms with Crippen molar-refractivity contribution in [2.24, 2.45) is 5.73 Å². The van der Waals surface area contributed by atoms with E-state index in [4.69, 9.17) is 10.5 Å². The molecule has 5 heteroatoms. The predicted molar refractivity (Wildman–Crippen MR) is 52.5 cm³/mol. The summed E-state index contributed by atoms with van der Waals surface area (Å²) in [6, 6.07) is 0. The first-order chi connectivity index (χ1) is 6.47. The number of rotatable bonds is 5. The van der Waals surface area contributed by atoms with E-state index >= 15 is 0 Å². The largest absolute Gasteiger partial charge is 0.461 e. The Balaban J connectivity index is 3.83. The Hall–Kier alpha value is -1.10. The molecule has 0 rings (SSSR count). The smallest absolute Gasteiger partial charge is 0.302 e. The number of hydrogen-bond acceptors (Lipinski definition) is 4. The summed E-state index contributed by atoms with van der Waals surface area (Å²) in [7, 11) is 1.70. The zero-order chi connectivity index (χ0) is 11.1. The molecule has 1 amide bonds. The van der Waals surface area contributed by atoms with E-state index in [2.05, 4.69) is 0 Å². The first-order valence-corrected chi connectivity index (χ1v) is 4.56. The number of nitrogens with two attached hydrogens (primary N) is 1. The molecular formula is C9H18N2O3. The quantitative estimate of drug-likeness (QED) is 0.624. The van der Waals surface area contributed by atoms with Crippen LogP contribution in [0.25, 0.3) is 0 Å². The van der Waals surface area contributed by atoms with E-state index < -0.39 is 0 Å². The number of carbonyl (C=O) groups excluding carboxylic acids is 2. The monoisotopic (exact) mass is 202 g/mol. The number of carbonyl (C=O) groups is 2. The third-order valence-electron chi connectivity index (χ3n) is 1.92. The van der Waals surface area contributed by atoms with E-state index in [0.717, 1.165) is 0 Å². The van der Waals surface area contributed by atoms with Gasteiger partial charge in [-0.2, -0.15) is 0 Å². The molecule has 14 heavy (non-hydrogen) atoms. The summed E-state index contributed by atoms with van der Waals surface area (Å²) in [5.41, 5.74) is 5.40. The highest BCUT2D eigenvalue weighted by atomic mass is 16.5. The molecule has 0 aliphatic heterocycles. The molecule has 0 saturated carbocycles. The molecule has 0 aliphatic rings. The van der Waals surface area contributed by atoms with Crippen LogP contribution in [0.1, 0.15) is 20.3 Å². The van der Waals surface area contributed by atoms with Gasteiger partial charge in [-0.1, -0.05) is 0 Å². The Morgan fingerprint density at radius 1 is 1.43 bits per heavy atom. The van der Waals surface area contributed by atoms with Gasteiger partial charge in [-0.05, 0) is 0 Å². The molecule has 2 N–H and O–H groups in total. The van der Waals surface area contributed by atoms with E-state index in [1.54, 1.807) is 11.9 Å². The van der Waals surface area contributed by atoms with Crippen molar-refractivity contribution in [3.05, 3.63) is 0 Å². The van der Waals surface area contributed by atoms with Crippen molar-refractivity contribution in [2.75, 3.05) is 20.1 Å². The first kappa shape index (κ1) is 12.9. The molecule has 5 nitrogen and oxygen atoms in total. The van der Waals surface area contributed by atoms with Crippen LogP contribution in [0.4, 0.5) is 0 Å². The minimum atomic E-state index is -0.342. The van der Waals surface area contributed by atoms with Crippen molar-refractivity contribution in [3.63, 3.8) is 0 Å². The van der Waals surface area contributed by atoms with Gasteiger partial charge in [-0.25, -0.2) is 0 Å². The molecule has 0 aromatic heterocycles. The molecule has 0 radical (unpaired) electrons. The van der Waals surface area contributed by atoms with Crippen LogP contribution in [0.3, 0.4) is 0 Å². The minimum absolute atomic E-state index is 0.0106. The summed E-state index contributed by atoms with van der Waals surface area (Å²) in [5.74, 6) is -0.352. The zero-order valence-electron chi connectivity index (χ0n) is 8.95. The van der Waals surface area contributed by atoms with Crippen molar-refractivity contribution in [1.82, 2.24) is 4.90 Å². The van der Waals surface area contributed by atoms with Gasteiger partial charge < -0.3 is 15.4 Å². The minimum Gasteiger partial charge on any atom is -0.461 e. The summed E-state index contributed by atoms with van der Waals surface area (Å²) in [6.07, 6.45) is 0.279. The standard InChI is InChI=1S/C9H18N2O3/c1-7(12)11(3)5-4-9(6-10)14-8(2)13/h9H,4-6,10H2,1-3H3. The molecule has 0 aromatic carbocycles. The third-order valence-corrected chi connectivity index (χ3v) is 1.92. The van der Waals surface area contributed by atoms with E-state index in [-0.39, 0.29) is 24.5 Å². The number of amides is 1. The summed E-state index contributed by atoms with van der Waals surface area (Å²) in [6.45, 7) is 3.66. The van der Waals surface area contributed by atoms with Crippen LogP contribution in [-0.4, -0.2) is 43.0 Å². The highest BCUT2D eigenvalue weighted by Gasteiger charge is 2.11. The van der Waals surface area contributed by atoms with Crippen LogP contribution in [0.5, 0.6) is 0 Å². The SMILES string of the molecule is CC(=O)OC(CN)CCN(C)C(C)=O. The fraction of sp³-hybridized carbons (Fsp3) is 0.778. The lowest BCUT2D eigenvalue weighted by molar-refractivity contribution is -0.146. The van der Waals surface area contributed by atoms with Crippen molar-refractivity contribution >= 4 is 11.9 Å². The fourth-order valence-electron chi connectivity index (χ4n) is 0.955. The van der Waals surface area contributed by atoms with Gasteiger partial charge in [-0.15, -0.1) is 0 Å². The van der Waals surface area contributed by atoms with Crippen LogP contribution in [0, 0.1) is 0 Å². The highest BCUT2D eigenvalue weighted by Crippen LogP contribution is 1.99. The topological polar surface area (TPSA) is 72.6 Å². The summed E-state index contributed by atoms with van der Waals surface area (Å²) in [5, 5.41) is 0. The van der Waals surface area contributed by atoms with E-state index in [0.29, 0.717) is 13.0 Å². The van der Waals surface area contributed by atoms with Crippen LogP contribution >= 0.6 is 0 Å². The molecule has 0 fully saturated rings. The molecule has 0 aromatic rings. The summed E-state index contributed by atoms with van der Waals surface area (Å²) in [4.78, 5) is 23.0. The molecule has 0 bridgehead atoms. The van der Waals surface area contributed by atoms with E-state index in [9.17, 15) is 9.59 Å². The average Bonchev–Trinajstić information content (AvgIpc) is 2.10. The number of nitrogens with zero attached hydrogens (tertiary/aromatic N) is 1. The lowest BCUT2D eigenvalue weighted by Crippen LogP contribution is -2.32. The zero-order valence-corrected chi connectivity index (χ0v) is 8.95. The Morgan fingerprint density at radius 2 is 2.00 bits per heavy atom. The third kappa shape index (κ3) is 5.53. The van der Waals surface area contributed by atoms with Crippen LogP contribution in [0.15, 0.2) is 0 Å². The second-order valence-electron chi connectivity index (χ2n) is 3.20. The van der Waals surface area contributed by atoms with Crippen molar-refractivity contribution in [3.8, 4) is 0 Å². The second-order valence-corrected chi connectivity index (χ2v) is 3.20. The van der Waals surface area contributed by atoms with Crippen LogP contribution < -0.4 is 5.73 Å². The molecule has 0 spiro atoms. The Bertz CT molecular complexity index is 206. The Labute approximate surface area is 84.2 Å². The van der Waals surface area contributed by atoms with Gasteiger partial charge in [0.15, 0.2) is 0 Å². The lowest BCUT2D eigenvalue weighted by atomic mass is 10.2. The molecule has 0 saturated heterocycles. The highest BCUT2D eigenvalue weighted by molar-refractivity contribution is 5.72. The normalized spacial score (nSPS) is 12.0. The predicted octanol–water partition coefficient (Wildman–Crippen LogP) is -0.255.